The summed E-state index contributed by atoms with van der Waals surface area (Å²) in [6.45, 7) is 7.14. The Balaban J connectivity index is 0.774. The second-order valence-corrected chi connectivity index (χ2v) is 16.1. The van der Waals surface area contributed by atoms with Crippen molar-refractivity contribution in [2.24, 2.45) is 0 Å². The monoisotopic (exact) mass is 843 g/mol. The number of halogens is 1. The maximum absolute atomic E-state index is 13.8. The van der Waals surface area contributed by atoms with Gasteiger partial charge < -0.3 is 25.6 Å². The first-order chi connectivity index (χ1) is 30.1. The van der Waals surface area contributed by atoms with Gasteiger partial charge in [0, 0.05) is 76.6 Å². The lowest BCUT2D eigenvalue weighted by Gasteiger charge is -2.38. The molecule has 4 aliphatic rings. The highest BCUT2D eigenvalue weighted by molar-refractivity contribution is 6.23. The van der Waals surface area contributed by atoms with Crippen molar-refractivity contribution in [2.75, 3.05) is 70.1 Å². The van der Waals surface area contributed by atoms with E-state index in [1.165, 1.54) is 25.6 Å². The van der Waals surface area contributed by atoms with Gasteiger partial charge in [0.2, 0.25) is 11.8 Å². The molecule has 5 amide bonds. The summed E-state index contributed by atoms with van der Waals surface area (Å²) in [6.07, 6.45) is 3.46. The van der Waals surface area contributed by atoms with Crippen molar-refractivity contribution >= 4 is 52.1 Å². The summed E-state index contributed by atoms with van der Waals surface area (Å²) >= 11 is 0. The molecular weight excluding hydrogens is 798 g/mol. The summed E-state index contributed by atoms with van der Waals surface area (Å²) in [5.74, 6) is -2.34. The zero-order valence-electron chi connectivity index (χ0n) is 34.2. The molecule has 0 radical (unpaired) electrons. The van der Waals surface area contributed by atoms with Gasteiger partial charge in [-0.05, 0) is 61.2 Å². The van der Waals surface area contributed by atoms with E-state index in [1.807, 2.05) is 35.0 Å². The molecule has 0 spiro atoms. The highest BCUT2D eigenvalue weighted by Crippen LogP contribution is 2.35. The second kappa shape index (κ2) is 16.9. The Hall–Kier alpha value is -6.79. The normalized spacial score (nSPS) is 19.0. The summed E-state index contributed by atoms with van der Waals surface area (Å²) in [5.41, 5.74) is 11.0. The Morgan fingerprint density at radius 3 is 2.32 bits per heavy atom. The van der Waals surface area contributed by atoms with E-state index in [-0.39, 0.29) is 36.6 Å². The third kappa shape index (κ3) is 7.82. The molecule has 5 aromatic rings. The van der Waals surface area contributed by atoms with Gasteiger partial charge in [0.25, 0.3) is 17.7 Å². The molecule has 17 nitrogen and oxygen atoms in total. The molecule has 6 heterocycles. The number of anilines is 2. The third-order valence-electron chi connectivity index (χ3n) is 12.4. The van der Waals surface area contributed by atoms with Crippen LogP contribution in [0.1, 0.15) is 68.4 Å². The summed E-state index contributed by atoms with van der Waals surface area (Å²) in [6, 6.07) is 15.9. The van der Waals surface area contributed by atoms with Crippen molar-refractivity contribution in [1.29, 1.82) is 0 Å². The minimum absolute atomic E-state index is 0.0806. The number of rotatable bonds is 11. The molecule has 320 valence electrons. The third-order valence-corrected chi connectivity index (χ3v) is 12.4. The Bertz CT molecular complexity index is 2580. The maximum atomic E-state index is 13.8. The van der Waals surface area contributed by atoms with Gasteiger partial charge in [-0.15, -0.1) is 0 Å². The molecule has 62 heavy (non-hydrogen) atoms. The smallest absolute Gasteiger partial charge is 0.262 e. The largest absolute Gasteiger partial charge is 0.496 e. The minimum atomic E-state index is -0.987. The highest BCUT2D eigenvalue weighted by Gasteiger charge is 2.45. The fourth-order valence-corrected chi connectivity index (χ4v) is 8.92. The number of aromatic nitrogens is 4. The molecule has 4 aliphatic heterocycles. The van der Waals surface area contributed by atoms with Crippen LogP contribution in [0.4, 0.5) is 15.9 Å². The van der Waals surface area contributed by atoms with Crippen LogP contribution in [0.5, 0.6) is 5.75 Å². The number of nitrogens with zero attached hydrogens (tertiary/aromatic N) is 8. The zero-order chi connectivity index (χ0) is 43.1. The first kappa shape index (κ1) is 40.6. The Kier molecular flexibility index (Phi) is 11.1. The summed E-state index contributed by atoms with van der Waals surface area (Å²) in [4.78, 5) is 80.5. The van der Waals surface area contributed by atoms with Crippen LogP contribution in [0, 0.1) is 5.82 Å². The molecule has 3 saturated heterocycles. The summed E-state index contributed by atoms with van der Waals surface area (Å²) in [5, 5.41) is 10.8. The van der Waals surface area contributed by atoms with Crippen molar-refractivity contribution in [3.8, 4) is 17.0 Å². The number of nitrogen functional groups attached to an aromatic ring is 1. The predicted octanol–water partition coefficient (Wildman–Crippen LogP) is 3.01. The molecule has 1 unspecified atom stereocenters. The lowest BCUT2D eigenvalue weighted by molar-refractivity contribution is -0.136. The number of benzene rings is 3. The van der Waals surface area contributed by atoms with Gasteiger partial charge in [0.15, 0.2) is 5.65 Å². The number of fused-ring (bicyclic) bond motifs is 2. The number of ether oxygens (including phenoxy) is 1. The number of hydrogen-bond acceptors (Lipinski definition) is 13. The number of piperidine rings is 2. The number of carbonyl (C=O) groups is 5. The molecule has 9 rings (SSSR count). The van der Waals surface area contributed by atoms with E-state index in [9.17, 15) is 28.4 Å². The quantitative estimate of drug-likeness (QED) is 0.164. The van der Waals surface area contributed by atoms with E-state index in [0.717, 1.165) is 93.0 Å². The van der Waals surface area contributed by atoms with Crippen molar-refractivity contribution < 1.29 is 33.1 Å². The second-order valence-electron chi connectivity index (χ2n) is 16.1. The Morgan fingerprint density at radius 2 is 1.60 bits per heavy atom. The lowest BCUT2D eigenvalue weighted by Crippen LogP contribution is -2.54. The van der Waals surface area contributed by atoms with Gasteiger partial charge in [0.1, 0.15) is 35.4 Å². The zero-order valence-corrected chi connectivity index (χ0v) is 34.2. The predicted molar refractivity (Wildman–Crippen MR) is 226 cm³/mol. The first-order valence-electron chi connectivity index (χ1n) is 20.8. The number of nitrogens with one attached hydrogen (secondary N) is 2. The van der Waals surface area contributed by atoms with E-state index in [1.54, 1.807) is 12.1 Å². The number of methoxy groups -OCH3 is 1. The molecule has 3 fully saturated rings. The summed E-state index contributed by atoms with van der Waals surface area (Å²) < 4.78 is 21.1. The van der Waals surface area contributed by atoms with E-state index < -0.39 is 41.4 Å². The number of carbonyl (C=O) groups excluding carboxylic acids is 5. The van der Waals surface area contributed by atoms with Crippen LogP contribution in [0.25, 0.3) is 22.3 Å². The molecule has 0 saturated carbocycles. The number of amides is 5. The fourth-order valence-electron chi connectivity index (χ4n) is 8.92. The van der Waals surface area contributed by atoms with E-state index in [4.69, 9.17) is 15.6 Å². The van der Waals surface area contributed by atoms with Crippen LogP contribution in [-0.2, 0) is 16.1 Å². The van der Waals surface area contributed by atoms with Gasteiger partial charge >= 0.3 is 0 Å². The molecular formula is C44H46FN11O6. The summed E-state index contributed by atoms with van der Waals surface area (Å²) in [7, 11) is 1.43. The van der Waals surface area contributed by atoms with Gasteiger partial charge in [-0.2, -0.15) is 5.10 Å². The molecule has 3 aromatic carbocycles. The Morgan fingerprint density at radius 1 is 0.871 bits per heavy atom. The van der Waals surface area contributed by atoms with Crippen LogP contribution < -0.4 is 26.0 Å². The van der Waals surface area contributed by atoms with Crippen LogP contribution >= 0.6 is 0 Å². The lowest BCUT2D eigenvalue weighted by atomic mass is 10.0. The van der Waals surface area contributed by atoms with Crippen molar-refractivity contribution in [3.05, 3.63) is 95.1 Å². The van der Waals surface area contributed by atoms with E-state index in [2.05, 4.69) is 35.3 Å². The van der Waals surface area contributed by atoms with Gasteiger partial charge in [0.05, 0.1) is 35.2 Å². The molecule has 0 bridgehead atoms. The number of likely N-dealkylation sites (tertiary alicyclic amines) is 1. The first-order valence-corrected chi connectivity index (χ1v) is 20.8. The van der Waals surface area contributed by atoms with Crippen LogP contribution in [0.2, 0.25) is 0 Å². The van der Waals surface area contributed by atoms with Crippen molar-refractivity contribution in [3.63, 3.8) is 0 Å². The maximum Gasteiger partial charge on any atom is 0.262 e. The molecule has 18 heteroatoms. The SMILES string of the molecule is COc1ccc(F)cc1C(=O)NCc1ccc(-c2nn(C3CCN(CCN4CCN(c5ccc6c(c5)C(=O)N(C5CCC(=O)NC5=O)C6=O)CC4)CC3)c3ncnc(N)c23)cc1. The molecule has 1 atom stereocenters. The van der Waals surface area contributed by atoms with Crippen molar-refractivity contribution in [2.45, 2.75) is 44.3 Å². The van der Waals surface area contributed by atoms with Gasteiger partial charge in [-0.1, -0.05) is 24.3 Å². The number of piperazine rings is 1. The Labute approximate surface area is 356 Å². The topological polar surface area (TPSA) is 201 Å². The number of nitrogens with two attached hydrogens (primary N) is 1. The molecule has 2 aromatic heterocycles. The van der Waals surface area contributed by atoms with Gasteiger partial charge in [-0.3, -0.25) is 39.1 Å². The van der Waals surface area contributed by atoms with Crippen molar-refractivity contribution in [1.82, 2.24) is 45.1 Å². The van der Waals surface area contributed by atoms with E-state index in [0.29, 0.717) is 33.9 Å². The van der Waals surface area contributed by atoms with Crippen LogP contribution in [-0.4, -0.2) is 129 Å². The van der Waals surface area contributed by atoms with Crippen LogP contribution in [0.3, 0.4) is 0 Å². The average Bonchev–Trinajstić information content (AvgIpc) is 3.80. The molecule has 4 N–H and O–H groups in total. The standard InChI is InChI=1S/C44H46FN11O6/c1-62-35-10-6-28(45)22-33(35)41(58)47-24-26-2-4-27(5-3-26)38-37-39(46)48-25-49-40(37)56(51-38)29-12-14-52(15-13-29)16-17-53-18-20-54(21-19-53)30-7-8-31-32(23-30)44(61)55(43(31)60)34-9-11-36(57)50-42(34)59/h2-8,10,22-23,25,29,34H,9,11-21,24H2,1H3,(H,47,58)(H2,46,48,49)(H,50,57,59). The van der Waals surface area contributed by atoms with Crippen LogP contribution in [0.15, 0.2) is 67.0 Å². The average molecular weight is 844 g/mol. The van der Waals surface area contributed by atoms with Gasteiger partial charge in [-0.25, -0.2) is 19.0 Å². The number of hydrogen-bond donors (Lipinski definition) is 3. The number of imide groups is 2. The minimum Gasteiger partial charge on any atom is -0.496 e. The molecule has 0 aliphatic carbocycles. The fraction of sp³-hybridized carbons (Fsp3) is 0.364. The van der Waals surface area contributed by atoms with E-state index >= 15 is 0 Å². The highest BCUT2D eigenvalue weighted by atomic mass is 19.1.